The highest BCUT2D eigenvalue weighted by Crippen LogP contribution is 2.46. The normalized spacial score (nSPS) is 16.7. The van der Waals surface area contributed by atoms with Crippen molar-refractivity contribution in [1.29, 1.82) is 0 Å². The van der Waals surface area contributed by atoms with Crippen molar-refractivity contribution in [2.45, 2.75) is 90.9 Å². The molecular weight excluding hydrogens is 444 g/mol. The Balaban J connectivity index is 1.57. The molecule has 2 aliphatic heterocycles. The number of para-hydroxylation sites is 2. The van der Waals surface area contributed by atoms with E-state index in [1.165, 1.54) is 51.4 Å². The Labute approximate surface area is 217 Å². The average molecular weight is 487 g/mol. The summed E-state index contributed by atoms with van der Waals surface area (Å²) in [4.78, 5) is 31.5. The summed E-state index contributed by atoms with van der Waals surface area (Å²) in [7, 11) is 0. The van der Waals surface area contributed by atoms with Crippen molar-refractivity contribution in [2.75, 3.05) is 22.9 Å². The van der Waals surface area contributed by atoms with Crippen LogP contribution in [-0.2, 0) is 9.59 Å². The van der Waals surface area contributed by atoms with Gasteiger partial charge in [0.2, 0.25) is 0 Å². The largest absolute Gasteiger partial charge is 0.308 e. The smallest absolute Gasteiger partial charge is 0.259 e. The van der Waals surface area contributed by atoms with Crippen LogP contribution in [-0.4, -0.2) is 24.9 Å². The Bertz CT molecular complexity index is 1000. The van der Waals surface area contributed by atoms with Gasteiger partial charge in [-0.1, -0.05) is 114 Å². The molecule has 0 aliphatic carbocycles. The van der Waals surface area contributed by atoms with Gasteiger partial charge in [0.1, 0.15) is 0 Å². The maximum atomic E-state index is 13.8. The lowest BCUT2D eigenvalue weighted by Crippen LogP contribution is -2.30. The van der Waals surface area contributed by atoms with Crippen molar-refractivity contribution in [3.8, 4) is 0 Å². The molecule has 0 saturated heterocycles. The van der Waals surface area contributed by atoms with Gasteiger partial charge in [-0.15, -0.1) is 0 Å². The minimum absolute atomic E-state index is 0.0238. The molecule has 0 aromatic heterocycles. The lowest BCUT2D eigenvalue weighted by molar-refractivity contribution is -0.114. The number of hydrogen-bond donors (Lipinski definition) is 0. The van der Waals surface area contributed by atoms with Crippen LogP contribution >= 0.6 is 0 Å². The molecule has 0 N–H and O–H groups in total. The second-order valence-corrected chi connectivity index (χ2v) is 10.2. The Hall–Kier alpha value is -2.88. The fourth-order valence-corrected chi connectivity index (χ4v) is 5.59. The number of carbonyl (C=O) groups is 2. The molecular formula is C32H42N2O2. The third kappa shape index (κ3) is 5.58. The number of rotatable bonds is 14. The zero-order valence-electron chi connectivity index (χ0n) is 22.2. The summed E-state index contributed by atoms with van der Waals surface area (Å²) >= 11 is 0. The van der Waals surface area contributed by atoms with Crippen LogP contribution in [0.1, 0.15) is 102 Å². The highest BCUT2D eigenvalue weighted by atomic mass is 16.2. The topological polar surface area (TPSA) is 40.6 Å². The number of hydrogen-bond acceptors (Lipinski definition) is 2. The van der Waals surface area contributed by atoms with E-state index in [9.17, 15) is 9.59 Å². The van der Waals surface area contributed by atoms with Crippen molar-refractivity contribution in [2.24, 2.45) is 0 Å². The zero-order chi connectivity index (χ0) is 25.3. The quantitative estimate of drug-likeness (QED) is 0.200. The second kappa shape index (κ2) is 12.9. The minimum atomic E-state index is -0.0238. The maximum absolute atomic E-state index is 13.8. The number of fused-ring (bicyclic) bond motifs is 2. The molecule has 0 saturated carbocycles. The molecule has 4 nitrogen and oxygen atoms in total. The predicted molar refractivity (Wildman–Crippen MR) is 151 cm³/mol. The lowest BCUT2D eigenvalue weighted by Gasteiger charge is -2.17. The van der Waals surface area contributed by atoms with Crippen molar-refractivity contribution < 1.29 is 9.59 Å². The van der Waals surface area contributed by atoms with E-state index in [0.29, 0.717) is 24.2 Å². The van der Waals surface area contributed by atoms with E-state index in [4.69, 9.17) is 0 Å². The van der Waals surface area contributed by atoms with Crippen LogP contribution in [0.15, 0.2) is 48.5 Å². The van der Waals surface area contributed by atoms with Gasteiger partial charge in [0.05, 0.1) is 22.5 Å². The van der Waals surface area contributed by atoms with Crippen LogP contribution in [0.4, 0.5) is 11.4 Å². The van der Waals surface area contributed by atoms with E-state index in [0.717, 1.165) is 48.2 Å². The summed E-state index contributed by atoms with van der Waals surface area (Å²) in [5.41, 5.74) is 4.84. The van der Waals surface area contributed by atoms with E-state index in [-0.39, 0.29) is 11.8 Å². The number of benzene rings is 2. The molecule has 4 rings (SSSR count). The third-order valence-corrected chi connectivity index (χ3v) is 7.57. The van der Waals surface area contributed by atoms with Gasteiger partial charge in [0, 0.05) is 24.2 Å². The maximum Gasteiger partial charge on any atom is 0.259 e. The van der Waals surface area contributed by atoms with Crippen LogP contribution in [0.2, 0.25) is 0 Å². The number of unbranched alkanes of at least 4 members (excludes halogenated alkanes) is 10. The fourth-order valence-electron chi connectivity index (χ4n) is 5.59. The summed E-state index contributed by atoms with van der Waals surface area (Å²) in [5.74, 6) is -0.0475. The first-order chi connectivity index (χ1) is 17.7. The van der Waals surface area contributed by atoms with E-state index >= 15 is 0 Å². The molecule has 2 aliphatic rings. The molecule has 2 aromatic rings. The third-order valence-electron chi connectivity index (χ3n) is 7.57. The lowest BCUT2D eigenvalue weighted by atomic mass is 9.96. The van der Waals surface area contributed by atoms with Crippen LogP contribution in [0.3, 0.4) is 0 Å². The van der Waals surface area contributed by atoms with Crippen molar-refractivity contribution in [3.63, 3.8) is 0 Å². The molecule has 0 unspecified atom stereocenters. The van der Waals surface area contributed by atoms with Crippen molar-refractivity contribution in [1.82, 2.24) is 0 Å². The average Bonchev–Trinajstić information content (AvgIpc) is 3.33. The Morgan fingerprint density at radius 2 is 0.861 bits per heavy atom. The highest BCUT2D eigenvalue weighted by molar-refractivity contribution is 6.49. The Morgan fingerprint density at radius 1 is 0.500 bits per heavy atom. The molecule has 2 heterocycles. The zero-order valence-corrected chi connectivity index (χ0v) is 22.2. The first kappa shape index (κ1) is 26.2. The van der Waals surface area contributed by atoms with Gasteiger partial charge in [-0.25, -0.2) is 0 Å². The molecule has 2 aromatic carbocycles. The number of carbonyl (C=O) groups excluding carboxylic acids is 2. The van der Waals surface area contributed by atoms with Crippen molar-refractivity contribution >= 4 is 34.3 Å². The van der Waals surface area contributed by atoms with E-state index < -0.39 is 0 Å². The fraction of sp³-hybridized carbons (Fsp3) is 0.500. The van der Waals surface area contributed by atoms with Gasteiger partial charge >= 0.3 is 0 Å². The minimum Gasteiger partial charge on any atom is -0.308 e. The van der Waals surface area contributed by atoms with Gasteiger partial charge < -0.3 is 9.80 Å². The molecule has 4 heteroatoms. The van der Waals surface area contributed by atoms with E-state index in [1.54, 1.807) is 0 Å². The standard InChI is InChI=1S/C32H42N2O2/c1-3-5-7-9-11-17-23-33-27-21-15-13-19-25(27)29(31(33)35)30-26-20-14-16-22-28(26)34(32(30)36)24-18-12-10-8-6-4-2/h13-16,19-22H,3-12,17-18,23-24H2,1-2H3/b30-29-. The van der Waals surface area contributed by atoms with Crippen LogP contribution < -0.4 is 9.80 Å². The molecule has 0 radical (unpaired) electrons. The van der Waals surface area contributed by atoms with E-state index in [1.807, 2.05) is 58.3 Å². The van der Waals surface area contributed by atoms with Gasteiger partial charge in [-0.2, -0.15) is 0 Å². The molecule has 192 valence electrons. The molecule has 36 heavy (non-hydrogen) atoms. The van der Waals surface area contributed by atoms with Crippen molar-refractivity contribution in [3.05, 3.63) is 59.7 Å². The number of anilines is 2. The summed E-state index contributed by atoms with van der Waals surface area (Å²) in [6.07, 6.45) is 14.2. The summed E-state index contributed by atoms with van der Waals surface area (Å²) < 4.78 is 0. The van der Waals surface area contributed by atoms with Crippen LogP contribution in [0, 0.1) is 0 Å². The number of nitrogens with zero attached hydrogens (tertiary/aromatic N) is 2. The first-order valence-electron chi connectivity index (χ1n) is 14.3. The Morgan fingerprint density at radius 3 is 1.28 bits per heavy atom. The highest BCUT2D eigenvalue weighted by Gasteiger charge is 2.41. The number of amides is 2. The molecule has 0 fully saturated rings. The molecule has 2 amide bonds. The van der Waals surface area contributed by atoms with Crippen LogP contribution in [0.25, 0.3) is 11.1 Å². The summed E-state index contributed by atoms with van der Waals surface area (Å²) in [6, 6.07) is 16.0. The van der Waals surface area contributed by atoms with Gasteiger partial charge in [-0.05, 0) is 25.0 Å². The molecule has 0 spiro atoms. The van der Waals surface area contributed by atoms with Gasteiger partial charge in [0.15, 0.2) is 0 Å². The molecule has 0 atom stereocenters. The summed E-state index contributed by atoms with van der Waals surface area (Å²) in [5, 5.41) is 0. The molecule has 0 bridgehead atoms. The summed E-state index contributed by atoms with van der Waals surface area (Å²) in [6.45, 7) is 5.87. The first-order valence-corrected chi connectivity index (χ1v) is 14.3. The van der Waals surface area contributed by atoms with Gasteiger partial charge in [0.25, 0.3) is 11.8 Å². The van der Waals surface area contributed by atoms with Crippen LogP contribution in [0.5, 0.6) is 0 Å². The monoisotopic (exact) mass is 486 g/mol. The van der Waals surface area contributed by atoms with E-state index in [2.05, 4.69) is 13.8 Å². The predicted octanol–water partition coefficient (Wildman–Crippen LogP) is 8.01. The van der Waals surface area contributed by atoms with Gasteiger partial charge in [-0.3, -0.25) is 9.59 Å². The second-order valence-electron chi connectivity index (χ2n) is 10.2. The Kier molecular flexibility index (Phi) is 9.38. The SMILES string of the molecule is CCCCCCCCN1C(=O)/C(=C2\C(=O)N(CCCCCCCC)c3ccccc32)c2ccccc21.